The van der Waals surface area contributed by atoms with Crippen molar-refractivity contribution in [2.45, 2.75) is 25.0 Å². The number of piperazine rings is 1. The van der Waals surface area contributed by atoms with Gasteiger partial charge in [-0.15, -0.1) is 0 Å². The summed E-state index contributed by atoms with van der Waals surface area (Å²) in [4.78, 5) is 1.74. The number of halogens is 3. The van der Waals surface area contributed by atoms with Crippen molar-refractivity contribution in [3.05, 3.63) is 0 Å². The Kier molecular flexibility index (Phi) is 4.31. The molecule has 0 radical (unpaired) electrons. The first-order valence-corrected chi connectivity index (χ1v) is 6.89. The van der Waals surface area contributed by atoms with Gasteiger partial charge in [0.1, 0.15) is 0 Å². The van der Waals surface area contributed by atoms with E-state index in [4.69, 9.17) is 0 Å². The van der Waals surface area contributed by atoms with Gasteiger partial charge in [-0.2, -0.15) is 17.5 Å². The summed E-state index contributed by atoms with van der Waals surface area (Å²) in [6.45, 7) is 3.42. The second-order valence-electron chi connectivity index (χ2n) is 4.94. The summed E-state index contributed by atoms with van der Waals surface area (Å²) in [6.07, 6.45) is 0. The molecule has 1 rings (SSSR count). The van der Waals surface area contributed by atoms with E-state index in [2.05, 4.69) is 0 Å². The van der Waals surface area contributed by atoms with E-state index in [1.165, 1.54) is 0 Å². The number of alkyl halides is 3. The van der Waals surface area contributed by atoms with Crippen LogP contribution in [0.15, 0.2) is 0 Å². The number of hydrogen-bond donors (Lipinski definition) is 1. The Hall–Kier alpha value is -0.380. The van der Waals surface area contributed by atoms with Crippen molar-refractivity contribution in [1.29, 1.82) is 0 Å². The molecule has 9 heteroatoms. The van der Waals surface area contributed by atoms with Crippen LogP contribution in [0.1, 0.15) is 13.8 Å². The fourth-order valence-corrected chi connectivity index (χ4v) is 2.76. The molecule has 1 aliphatic rings. The first kappa shape index (κ1) is 15.7. The molecule has 0 amide bonds. The molecule has 0 saturated carbocycles. The van der Waals surface area contributed by atoms with E-state index in [1.807, 2.05) is 0 Å². The number of aliphatic hydroxyl groups is 1. The quantitative estimate of drug-likeness (QED) is 0.808. The molecule has 18 heavy (non-hydrogen) atoms. The van der Waals surface area contributed by atoms with Gasteiger partial charge in [-0.25, -0.2) is 8.42 Å². The van der Waals surface area contributed by atoms with Crippen LogP contribution in [0.5, 0.6) is 0 Å². The van der Waals surface area contributed by atoms with Gasteiger partial charge < -0.3 is 5.11 Å². The Morgan fingerprint density at radius 2 is 1.56 bits per heavy atom. The number of rotatable bonds is 3. The Labute approximate surface area is 104 Å². The standard InChI is InChI=1S/C9H17F3N2O3S/c1-8(2,15)7-13-3-5-14(6-4-13)18(16,17)9(10,11)12/h15H,3-7H2,1-2H3. The molecule has 0 aromatic heterocycles. The van der Waals surface area contributed by atoms with Crippen LogP contribution in [0.25, 0.3) is 0 Å². The molecular weight excluding hydrogens is 273 g/mol. The zero-order valence-electron chi connectivity index (χ0n) is 10.2. The molecule has 0 aromatic carbocycles. The average molecular weight is 290 g/mol. The molecule has 108 valence electrons. The number of sulfonamides is 1. The Morgan fingerprint density at radius 3 is 1.89 bits per heavy atom. The summed E-state index contributed by atoms with van der Waals surface area (Å²) in [7, 11) is -5.22. The van der Waals surface area contributed by atoms with Crippen LogP contribution in [0.4, 0.5) is 13.2 Å². The van der Waals surface area contributed by atoms with Gasteiger partial charge in [-0.05, 0) is 13.8 Å². The molecule has 0 unspecified atom stereocenters. The zero-order valence-corrected chi connectivity index (χ0v) is 11.1. The lowest BCUT2D eigenvalue weighted by molar-refractivity contribution is -0.0507. The predicted octanol–water partition coefficient (Wildman–Crippen LogP) is 0.224. The Balaban J connectivity index is 2.60. The van der Waals surface area contributed by atoms with Crippen molar-refractivity contribution < 1.29 is 26.7 Å². The molecule has 0 bridgehead atoms. The molecular formula is C9H17F3N2O3S. The third-order valence-corrected chi connectivity index (χ3v) is 4.20. The Morgan fingerprint density at radius 1 is 1.11 bits per heavy atom. The lowest BCUT2D eigenvalue weighted by Crippen LogP contribution is -2.54. The van der Waals surface area contributed by atoms with Gasteiger partial charge in [-0.1, -0.05) is 0 Å². The molecule has 0 spiro atoms. The SMILES string of the molecule is CC(C)(O)CN1CCN(S(=O)(=O)C(F)(F)F)CC1. The first-order valence-electron chi connectivity index (χ1n) is 5.45. The van der Waals surface area contributed by atoms with Crippen LogP contribution in [0.2, 0.25) is 0 Å². The molecule has 1 fully saturated rings. The summed E-state index contributed by atoms with van der Waals surface area (Å²) in [5.41, 5.74) is -6.20. The largest absolute Gasteiger partial charge is 0.511 e. The van der Waals surface area contributed by atoms with E-state index in [1.54, 1.807) is 18.7 Å². The molecule has 1 N–H and O–H groups in total. The molecule has 1 saturated heterocycles. The minimum absolute atomic E-state index is 0.180. The topological polar surface area (TPSA) is 60.9 Å². The lowest BCUT2D eigenvalue weighted by Gasteiger charge is -2.36. The lowest BCUT2D eigenvalue weighted by atomic mass is 10.1. The highest BCUT2D eigenvalue weighted by atomic mass is 32.2. The highest BCUT2D eigenvalue weighted by Crippen LogP contribution is 2.27. The van der Waals surface area contributed by atoms with Crippen molar-refractivity contribution >= 4 is 10.0 Å². The van der Waals surface area contributed by atoms with Gasteiger partial charge in [0, 0.05) is 32.7 Å². The van der Waals surface area contributed by atoms with Crippen LogP contribution in [-0.4, -0.2) is 66.6 Å². The van der Waals surface area contributed by atoms with Crippen LogP contribution in [0, 0.1) is 0 Å². The van der Waals surface area contributed by atoms with Crippen molar-refractivity contribution in [1.82, 2.24) is 9.21 Å². The van der Waals surface area contributed by atoms with Crippen LogP contribution in [-0.2, 0) is 10.0 Å². The normalized spacial score (nSPS) is 21.2. The van der Waals surface area contributed by atoms with Crippen LogP contribution >= 0.6 is 0 Å². The molecule has 5 nitrogen and oxygen atoms in total. The van der Waals surface area contributed by atoms with Gasteiger partial charge in [0.2, 0.25) is 0 Å². The maximum atomic E-state index is 12.3. The summed E-state index contributed by atoms with van der Waals surface area (Å²) in [5, 5.41) is 9.57. The van der Waals surface area contributed by atoms with Crippen LogP contribution < -0.4 is 0 Å². The van der Waals surface area contributed by atoms with Gasteiger partial charge in [0.05, 0.1) is 5.60 Å². The third kappa shape index (κ3) is 3.81. The predicted molar refractivity (Wildman–Crippen MR) is 59.3 cm³/mol. The van der Waals surface area contributed by atoms with E-state index in [-0.39, 0.29) is 26.2 Å². The summed E-state index contributed by atoms with van der Waals surface area (Å²) < 4.78 is 59.6. The molecule has 0 aromatic rings. The molecule has 0 aliphatic carbocycles. The van der Waals surface area contributed by atoms with Gasteiger partial charge in [-0.3, -0.25) is 4.90 Å². The fraction of sp³-hybridized carbons (Fsp3) is 1.00. The van der Waals surface area contributed by atoms with Crippen molar-refractivity contribution in [3.8, 4) is 0 Å². The van der Waals surface area contributed by atoms with E-state index in [0.29, 0.717) is 10.8 Å². The summed E-state index contributed by atoms with van der Waals surface area (Å²) >= 11 is 0. The number of β-amino-alcohol motifs (C(OH)–C–C–N with tert-alkyl or cyclic N) is 1. The molecule has 1 aliphatic heterocycles. The highest BCUT2D eigenvalue weighted by molar-refractivity contribution is 7.90. The minimum Gasteiger partial charge on any atom is -0.389 e. The minimum atomic E-state index is -5.24. The summed E-state index contributed by atoms with van der Waals surface area (Å²) in [6, 6.07) is 0. The first-order chi connectivity index (χ1) is 7.93. The van der Waals surface area contributed by atoms with Crippen molar-refractivity contribution in [2.24, 2.45) is 0 Å². The van der Waals surface area contributed by atoms with E-state index < -0.39 is 21.1 Å². The maximum absolute atomic E-state index is 12.3. The van der Waals surface area contributed by atoms with Gasteiger partial charge in [0.25, 0.3) is 0 Å². The third-order valence-electron chi connectivity index (χ3n) is 2.57. The fourth-order valence-electron chi connectivity index (χ4n) is 1.82. The summed E-state index contributed by atoms with van der Waals surface area (Å²) in [5.74, 6) is 0. The highest BCUT2D eigenvalue weighted by Gasteiger charge is 2.50. The average Bonchev–Trinajstić information content (AvgIpc) is 2.14. The molecule has 1 heterocycles. The van der Waals surface area contributed by atoms with E-state index >= 15 is 0 Å². The van der Waals surface area contributed by atoms with Crippen LogP contribution in [0.3, 0.4) is 0 Å². The van der Waals surface area contributed by atoms with E-state index in [9.17, 15) is 26.7 Å². The smallest absolute Gasteiger partial charge is 0.389 e. The van der Waals surface area contributed by atoms with Crippen molar-refractivity contribution in [3.63, 3.8) is 0 Å². The Bertz CT molecular complexity index is 381. The zero-order chi connectivity index (χ0) is 14.2. The monoisotopic (exact) mass is 290 g/mol. The van der Waals surface area contributed by atoms with Crippen molar-refractivity contribution in [2.75, 3.05) is 32.7 Å². The maximum Gasteiger partial charge on any atom is 0.511 e. The van der Waals surface area contributed by atoms with E-state index in [0.717, 1.165) is 0 Å². The van der Waals surface area contributed by atoms with Gasteiger partial charge >= 0.3 is 15.5 Å². The molecule has 0 atom stereocenters. The second kappa shape index (κ2) is 4.95. The second-order valence-corrected chi connectivity index (χ2v) is 6.87. The van der Waals surface area contributed by atoms with Gasteiger partial charge in [0.15, 0.2) is 0 Å². The number of nitrogens with zero attached hydrogens (tertiary/aromatic N) is 2. The number of hydrogen-bond acceptors (Lipinski definition) is 4.